The minimum atomic E-state index is -1.01. The van der Waals surface area contributed by atoms with Gasteiger partial charge in [-0.15, -0.1) is 0 Å². The second-order valence-electron chi connectivity index (χ2n) is 10.2. The second-order valence-corrected chi connectivity index (χ2v) is 10.2. The Morgan fingerprint density at radius 3 is 2.40 bits per heavy atom. The average molecular weight is 561 g/mol. The summed E-state index contributed by atoms with van der Waals surface area (Å²) in [6.45, 7) is 6.23. The lowest BCUT2D eigenvalue weighted by molar-refractivity contribution is -0.120. The Morgan fingerprint density at radius 2 is 1.82 bits per heavy atom. The molecule has 2 bridgehead atoms. The van der Waals surface area contributed by atoms with Gasteiger partial charge in [-0.05, 0) is 38.2 Å². The van der Waals surface area contributed by atoms with Gasteiger partial charge >= 0.3 is 6.09 Å². The molecule has 11 nitrogen and oxygen atoms in total. The minimum absolute atomic E-state index is 0.0246. The third-order valence-corrected chi connectivity index (χ3v) is 7.07. The zero-order valence-corrected chi connectivity index (χ0v) is 23.8. The van der Waals surface area contributed by atoms with E-state index in [0.717, 1.165) is 6.08 Å². The summed E-state index contributed by atoms with van der Waals surface area (Å²) in [7, 11) is 2.88. The first-order valence-corrected chi connectivity index (χ1v) is 13.0. The third-order valence-electron chi connectivity index (χ3n) is 7.07. The lowest BCUT2D eigenvalue weighted by atomic mass is 9.83. The molecule has 2 aliphatic rings. The number of amides is 2. The van der Waals surface area contributed by atoms with E-state index in [4.69, 9.17) is 19.9 Å². The highest BCUT2D eigenvalue weighted by molar-refractivity contribution is 6.23. The molecule has 2 rings (SSSR count). The highest BCUT2D eigenvalue weighted by Gasteiger charge is 2.33. The lowest BCUT2D eigenvalue weighted by Gasteiger charge is -2.30. The summed E-state index contributed by atoms with van der Waals surface area (Å²) in [5.41, 5.74) is 6.00. The minimum Gasteiger partial charge on any atom is -0.439 e. The summed E-state index contributed by atoms with van der Waals surface area (Å²) in [5.74, 6) is -2.44. The first-order valence-electron chi connectivity index (χ1n) is 13.0. The molecule has 1 aliphatic heterocycles. The maximum Gasteiger partial charge on any atom is 0.405 e. The van der Waals surface area contributed by atoms with Crippen LogP contribution in [-0.2, 0) is 28.6 Å². The van der Waals surface area contributed by atoms with E-state index in [2.05, 4.69) is 5.32 Å². The number of primary amides is 1. The zero-order chi connectivity index (χ0) is 30.1. The number of ether oxygens (including phenoxy) is 3. The zero-order valence-electron chi connectivity index (χ0n) is 23.8. The lowest BCUT2D eigenvalue weighted by Crippen LogP contribution is -2.37. The standard InChI is InChI=1S/C29H40N2O9/c1-15-10-19-20(14-32)22(33)13-21(26(19)35)31-28(36)16(2)8-7-9-23(38-5)27(40-29(30)37)18(4)12-17(3)25(34)24(11-15)39-6/h7-9,12-13,15,17,23-25,27,32,34H,10-11,14H2,1-6H3,(H2,30,37)(H,31,36)/b9-7+,16-8-,18-12-/t15-,17+,23+,24+,25-,27-/m1/s1. The topological polar surface area (TPSA) is 174 Å². The molecular weight excluding hydrogens is 520 g/mol. The fourth-order valence-electron chi connectivity index (χ4n) is 4.82. The average Bonchev–Trinajstić information content (AvgIpc) is 2.90. The van der Waals surface area contributed by atoms with Crippen molar-refractivity contribution in [2.45, 2.75) is 65.0 Å². The summed E-state index contributed by atoms with van der Waals surface area (Å²) in [6.07, 6.45) is 3.40. The molecule has 0 saturated carbocycles. The largest absolute Gasteiger partial charge is 0.439 e. The molecule has 0 spiro atoms. The molecule has 2 amide bonds. The maximum absolute atomic E-state index is 13.3. The van der Waals surface area contributed by atoms with E-state index < -0.39 is 60.5 Å². The molecule has 6 atom stereocenters. The van der Waals surface area contributed by atoms with Gasteiger partial charge in [-0.1, -0.05) is 38.2 Å². The molecule has 0 aromatic rings. The first kappa shape index (κ1) is 32.8. The van der Waals surface area contributed by atoms with Crippen LogP contribution in [0.25, 0.3) is 0 Å². The molecule has 1 heterocycles. The summed E-state index contributed by atoms with van der Waals surface area (Å²) >= 11 is 0. The van der Waals surface area contributed by atoms with Crippen LogP contribution >= 0.6 is 0 Å². The number of nitrogens with two attached hydrogens (primary N) is 1. The van der Waals surface area contributed by atoms with Crippen molar-refractivity contribution in [2.24, 2.45) is 17.6 Å². The summed E-state index contributed by atoms with van der Waals surface area (Å²) in [4.78, 5) is 50.5. The number of aliphatic hydroxyl groups excluding tert-OH is 2. The highest BCUT2D eigenvalue weighted by atomic mass is 16.6. The Labute approximate surface area is 234 Å². The van der Waals surface area contributed by atoms with Gasteiger partial charge in [-0.25, -0.2) is 4.79 Å². The quantitative estimate of drug-likeness (QED) is 0.295. The predicted octanol–water partition coefficient (Wildman–Crippen LogP) is 1.80. The molecule has 0 saturated heterocycles. The van der Waals surface area contributed by atoms with Crippen LogP contribution in [0.15, 0.2) is 58.4 Å². The van der Waals surface area contributed by atoms with Crippen LogP contribution < -0.4 is 11.1 Å². The number of rotatable bonds is 4. The summed E-state index contributed by atoms with van der Waals surface area (Å²) in [5, 5.41) is 23.5. The number of ketones is 2. The summed E-state index contributed by atoms with van der Waals surface area (Å²) in [6, 6.07) is 0. The number of allylic oxidation sites excluding steroid dienone is 4. The number of carbonyl (C=O) groups is 4. The molecule has 0 unspecified atom stereocenters. The van der Waals surface area contributed by atoms with Crippen LogP contribution in [0.3, 0.4) is 0 Å². The smallest absolute Gasteiger partial charge is 0.405 e. The molecule has 220 valence electrons. The van der Waals surface area contributed by atoms with Crippen molar-refractivity contribution < 1.29 is 43.6 Å². The van der Waals surface area contributed by atoms with E-state index >= 15 is 0 Å². The van der Waals surface area contributed by atoms with Crippen molar-refractivity contribution >= 4 is 23.6 Å². The predicted molar refractivity (Wildman–Crippen MR) is 147 cm³/mol. The van der Waals surface area contributed by atoms with Crippen molar-refractivity contribution in [1.29, 1.82) is 0 Å². The van der Waals surface area contributed by atoms with Crippen molar-refractivity contribution in [3.8, 4) is 0 Å². The molecule has 40 heavy (non-hydrogen) atoms. The molecule has 11 heteroatoms. The Morgan fingerprint density at radius 1 is 1.15 bits per heavy atom. The molecule has 1 aliphatic carbocycles. The summed E-state index contributed by atoms with van der Waals surface area (Å²) < 4.78 is 16.4. The number of carbonyl (C=O) groups excluding carboxylic acids is 4. The molecule has 0 radical (unpaired) electrons. The van der Waals surface area contributed by atoms with Crippen LogP contribution in [0, 0.1) is 11.8 Å². The Kier molecular flexibility index (Phi) is 12.2. The Hall–Kier alpha value is -3.38. The Bertz CT molecular complexity index is 1150. The number of Topliss-reactive ketones (excluding diaryl/α,β-unsaturated/α-hetero) is 1. The second kappa shape index (κ2) is 14.8. The maximum atomic E-state index is 13.3. The number of aliphatic hydroxyl groups is 2. The molecule has 0 aromatic heterocycles. The van der Waals surface area contributed by atoms with E-state index in [1.54, 1.807) is 26.0 Å². The number of fused-ring (bicyclic) bond motifs is 2. The van der Waals surface area contributed by atoms with E-state index in [9.17, 15) is 29.4 Å². The molecule has 0 fully saturated rings. The van der Waals surface area contributed by atoms with Crippen molar-refractivity contribution in [1.82, 2.24) is 5.32 Å². The van der Waals surface area contributed by atoms with E-state index in [1.807, 2.05) is 6.92 Å². The van der Waals surface area contributed by atoms with Crippen LogP contribution in [-0.4, -0.2) is 79.0 Å². The van der Waals surface area contributed by atoms with E-state index in [1.165, 1.54) is 33.3 Å². The fourth-order valence-corrected chi connectivity index (χ4v) is 4.82. The van der Waals surface area contributed by atoms with Crippen LogP contribution in [0.5, 0.6) is 0 Å². The molecule has 5 N–H and O–H groups in total. The van der Waals surface area contributed by atoms with Gasteiger partial charge in [0.2, 0.25) is 5.78 Å². The van der Waals surface area contributed by atoms with Gasteiger partial charge in [-0.2, -0.15) is 0 Å². The van der Waals surface area contributed by atoms with Crippen molar-refractivity contribution in [3.05, 3.63) is 58.4 Å². The van der Waals surface area contributed by atoms with Gasteiger partial charge in [0.15, 0.2) is 11.9 Å². The van der Waals surface area contributed by atoms with Gasteiger partial charge < -0.3 is 35.5 Å². The van der Waals surface area contributed by atoms with Gasteiger partial charge in [0.1, 0.15) is 6.10 Å². The molecular formula is C29H40N2O9. The van der Waals surface area contributed by atoms with Gasteiger partial charge in [-0.3, -0.25) is 14.4 Å². The molecule has 0 aromatic carbocycles. The third kappa shape index (κ3) is 8.31. The Balaban J connectivity index is 2.60. The van der Waals surface area contributed by atoms with Crippen LogP contribution in [0.2, 0.25) is 0 Å². The normalized spacial score (nSPS) is 32.8. The number of hydrogen-bond acceptors (Lipinski definition) is 9. The first-order chi connectivity index (χ1) is 18.8. The van der Waals surface area contributed by atoms with Crippen LogP contribution in [0.4, 0.5) is 4.79 Å². The van der Waals surface area contributed by atoms with Crippen molar-refractivity contribution in [3.63, 3.8) is 0 Å². The number of nitrogens with one attached hydrogen (secondary N) is 1. The van der Waals surface area contributed by atoms with Crippen molar-refractivity contribution in [2.75, 3.05) is 20.8 Å². The van der Waals surface area contributed by atoms with Gasteiger partial charge in [0.25, 0.3) is 5.91 Å². The number of methoxy groups -OCH3 is 2. The monoisotopic (exact) mass is 560 g/mol. The van der Waals surface area contributed by atoms with Crippen LogP contribution in [0.1, 0.15) is 40.5 Å². The number of hydrogen-bond donors (Lipinski definition) is 4. The highest BCUT2D eigenvalue weighted by Crippen LogP contribution is 2.29. The van der Waals surface area contributed by atoms with E-state index in [-0.39, 0.29) is 34.8 Å². The van der Waals surface area contributed by atoms with E-state index in [0.29, 0.717) is 12.0 Å². The fraction of sp³-hybridized carbons (Fsp3) is 0.517. The van der Waals surface area contributed by atoms with Gasteiger partial charge in [0.05, 0.1) is 24.5 Å². The SMILES string of the molecule is CO[C@H]1/C=C/C=C(/C)C(=O)NC2=CC(=O)C(CO)=C(C[C@@H](C)C[C@H](OC)[C@H](O)[C@@H](C)/C=C(/C)[C@H]1OC(N)=O)C2=O. The van der Waals surface area contributed by atoms with Gasteiger partial charge in [0, 0.05) is 42.9 Å².